The molecule has 3 heterocycles. The number of hydrogen-bond donors (Lipinski definition) is 3. The molecule has 11 nitrogen and oxygen atoms in total. The maximum Gasteiger partial charge on any atom is 0.335 e. The van der Waals surface area contributed by atoms with Crippen LogP contribution in [-0.2, 0) is 14.3 Å². The van der Waals surface area contributed by atoms with Crippen LogP contribution in [-0.4, -0.2) is 103 Å². The second-order valence-corrected chi connectivity index (χ2v) is 15.4. The number of fused-ring (bicyclic) bond motifs is 3. The molecular weight excluding hydrogens is 576 g/mol. The van der Waals surface area contributed by atoms with Crippen molar-refractivity contribution in [3.05, 3.63) is 34.4 Å². The predicted octanol–water partition coefficient (Wildman–Crippen LogP) is 2.47. The van der Waals surface area contributed by atoms with Crippen LogP contribution in [0.2, 0.25) is 0 Å². The smallest absolute Gasteiger partial charge is 0.335 e. The van der Waals surface area contributed by atoms with Crippen LogP contribution in [0.4, 0.5) is 4.79 Å². The molecule has 2 saturated heterocycles. The monoisotopic (exact) mass is 626 g/mol. The number of esters is 1. The standard InChI is InChI=1S/C34H50N4O7/c1-21(39)44-28-27(22-5-6-26(40)43-20-22)32(3)11-8-24-25(34(32)29(28)45-34)9-12-33(42)19-23(7-10-31(24,33)2)36-30(41)35-13-14-38-17-15-37(4)16-18-38/h5-6,20,23-25,27-29,42H,7-19H2,1-4H3,(H2,35,36,41)/t23-,24-,25+,27-,28+,29+,31+,32+,33-,34+/m0/s1. The third-order valence-corrected chi connectivity index (χ3v) is 13.3. The zero-order valence-corrected chi connectivity index (χ0v) is 27.2. The molecule has 1 aromatic rings. The number of hydrogen-bond acceptors (Lipinski definition) is 9. The Kier molecular flexibility index (Phi) is 7.66. The first-order valence-electron chi connectivity index (χ1n) is 17.0. The number of likely N-dealkylation sites (N-methyl/N-ethyl adjacent to an activating group) is 1. The van der Waals surface area contributed by atoms with Gasteiger partial charge < -0.3 is 34.5 Å². The molecular formula is C34H50N4O7. The van der Waals surface area contributed by atoms with Gasteiger partial charge in [0.05, 0.1) is 11.9 Å². The van der Waals surface area contributed by atoms with E-state index in [0.717, 1.165) is 70.4 Å². The number of piperazine rings is 1. The van der Waals surface area contributed by atoms with E-state index in [-0.39, 0.29) is 52.7 Å². The Morgan fingerprint density at radius 1 is 1.04 bits per heavy atom. The molecule has 7 rings (SSSR count). The van der Waals surface area contributed by atoms with E-state index in [1.54, 1.807) is 6.07 Å². The summed E-state index contributed by atoms with van der Waals surface area (Å²) in [5.41, 5.74) is -1.50. The number of nitrogens with one attached hydrogen (secondary N) is 2. The number of urea groups is 1. The molecule has 6 fully saturated rings. The summed E-state index contributed by atoms with van der Waals surface area (Å²) in [5.74, 6) is -0.0226. The summed E-state index contributed by atoms with van der Waals surface area (Å²) in [6, 6.07) is 3.02. The third-order valence-electron chi connectivity index (χ3n) is 13.3. The van der Waals surface area contributed by atoms with Gasteiger partial charge in [0.15, 0.2) is 0 Å². The molecule has 11 heteroatoms. The molecule has 3 N–H and O–H groups in total. The second kappa shape index (κ2) is 11.1. The summed E-state index contributed by atoms with van der Waals surface area (Å²) in [6.07, 6.45) is 6.30. The number of nitrogens with zero attached hydrogens (tertiary/aromatic N) is 2. The van der Waals surface area contributed by atoms with Gasteiger partial charge >= 0.3 is 17.6 Å². The molecule has 4 saturated carbocycles. The first kappa shape index (κ1) is 31.1. The molecule has 10 atom stereocenters. The van der Waals surface area contributed by atoms with Crippen LogP contribution < -0.4 is 16.3 Å². The van der Waals surface area contributed by atoms with Gasteiger partial charge in [0, 0.05) is 69.6 Å². The first-order chi connectivity index (χ1) is 21.4. The van der Waals surface area contributed by atoms with E-state index in [2.05, 4.69) is 41.3 Å². The van der Waals surface area contributed by atoms with Gasteiger partial charge in [0.25, 0.3) is 0 Å². The molecule has 2 aliphatic heterocycles. The normalized spacial score (nSPS) is 44.1. The molecule has 1 spiro atoms. The summed E-state index contributed by atoms with van der Waals surface area (Å²) in [6.45, 7) is 11.6. The van der Waals surface area contributed by atoms with Crippen LogP contribution in [0.15, 0.2) is 27.6 Å². The van der Waals surface area contributed by atoms with Crippen molar-refractivity contribution < 1.29 is 28.6 Å². The maximum absolute atomic E-state index is 12.9. The summed E-state index contributed by atoms with van der Waals surface area (Å²) < 4.78 is 18.0. The highest BCUT2D eigenvalue weighted by Crippen LogP contribution is 2.78. The van der Waals surface area contributed by atoms with Gasteiger partial charge in [0.1, 0.15) is 17.8 Å². The summed E-state index contributed by atoms with van der Waals surface area (Å²) in [7, 11) is 2.14. The van der Waals surface area contributed by atoms with Crippen LogP contribution >= 0.6 is 0 Å². The molecule has 0 aromatic carbocycles. The number of rotatable bonds is 6. The largest absolute Gasteiger partial charge is 0.459 e. The highest BCUT2D eigenvalue weighted by atomic mass is 16.7. The molecule has 0 radical (unpaired) electrons. The molecule has 2 amide bonds. The lowest BCUT2D eigenvalue weighted by atomic mass is 9.42. The van der Waals surface area contributed by atoms with Crippen LogP contribution in [0, 0.1) is 22.7 Å². The lowest BCUT2D eigenvalue weighted by molar-refractivity contribution is -0.214. The third kappa shape index (κ3) is 4.86. The van der Waals surface area contributed by atoms with Crippen molar-refractivity contribution in [2.75, 3.05) is 46.3 Å². The van der Waals surface area contributed by atoms with Gasteiger partial charge in [-0.05, 0) is 80.9 Å². The van der Waals surface area contributed by atoms with E-state index < -0.39 is 22.9 Å². The number of ether oxygens (including phenoxy) is 2. The Hall–Kier alpha value is -2.47. The molecule has 6 aliphatic rings. The number of epoxide rings is 1. The number of carbonyl (C=O) groups is 2. The van der Waals surface area contributed by atoms with Gasteiger partial charge in [-0.3, -0.25) is 9.69 Å². The van der Waals surface area contributed by atoms with Gasteiger partial charge in [-0.25, -0.2) is 9.59 Å². The minimum absolute atomic E-state index is 0.0721. The van der Waals surface area contributed by atoms with E-state index in [0.29, 0.717) is 19.4 Å². The average molecular weight is 627 g/mol. The highest BCUT2D eigenvalue weighted by Gasteiger charge is 2.85. The average Bonchev–Trinajstić information content (AvgIpc) is 3.69. The van der Waals surface area contributed by atoms with E-state index in [4.69, 9.17) is 13.9 Å². The summed E-state index contributed by atoms with van der Waals surface area (Å²) >= 11 is 0. The molecule has 248 valence electrons. The van der Waals surface area contributed by atoms with E-state index in [1.165, 1.54) is 19.3 Å². The summed E-state index contributed by atoms with van der Waals surface area (Å²) in [4.78, 5) is 41.6. The Balaban J connectivity index is 1.04. The fourth-order valence-electron chi connectivity index (χ4n) is 10.9. The van der Waals surface area contributed by atoms with Crippen LogP contribution in [0.5, 0.6) is 0 Å². The topological polar surface area (TPSA) is 137 Å². The van der Waals surface area contributed by atoms with Gasteiger partial charge in [-0.2, -0.15) is 0 Å². The van der Waals surface area contributed by atoms with Crippen molar-refractivity contribution in [1.82, 2.24) is 20.4 Å². The fraction of sp³-hybridized carbons (Fsp3) is 0.794. The van der Waals surface area contributed by atoms with Crippen molar-refractivity contribution in [3.63, 3.8) is 0 Å². The highest BCUT2D eigenvalue weighted by molar-refractivity contribution is 5.74. The number of carbonyl (C=O) groups excluding carboxylic acids is 2. The van der Waals surface area contributed by atoms with E-state index in [1.807, 2.05) is 0 Å². The van der Waals surface area contributed by atoms with Crippen molar-refractivity contribution in [3.8, 4) is 0 Å². The second-order valence-electron chi connectivity index (χ2n) is 15.4. The molecule has 0 unspecified atom stereocenters. The molecule has 4 aliphatic carbocycles. The Morgan fingerprint density at radius 3 is 2.49 bits per heavy atom. The zero-order chi connectivity index (χ0) is 31.8. The Labute approximate surface area is 265 Å². The van der Waals surface area contributed by atoms with Crippen molar-refractivity contribution in [2.45, 2.75) is 101 Å². The summed E-state index contributed by atoms with van der Waals surface area (Å²) in [5, 5.41) is 18.6. The van der Waals surface area contributed by atoms with Gasteiger partial charge in [-0.15, -0.1) is 0 Å². The maximum atomic E-state index is 12.9. The Morgan fingerprint density at radius 2 is 1.78 bits per heavy atom. The van der Waals surface area contributed by atoms with Gasteiger partial charge in [-0.1, -0.05) is 13.8 Å². The Bertz CT molecular complexity index is 1360. The quantitative estimate of drug-likeness (QED) is 0.321. The van der Waals surface area contributed by atoms with Crippen molar-refractivity contribution in [2.24, 2.45) is 22.7 Å². The van der Waals surface area contributed by atoms with Crippen molar-refractivity contribution >= 4 is 12.0 Å². The number of amides is 2. The van der Waals surface area contributed by atoms with Crippen LogP contribution in [0.1, 0.15) is 77.2 Å². The predicted molar refractivity (Wildman–Crippen MR) is 166 cm³/mol. The lowest BCUT2D eigenvalue weighted by Gasteiger charge is -2.64. The first-order valence-corrected chi connectivity index (χ1v) is 17.0. The minimum atomic E-state index is -0.880. The molecule has 0 bridgehead atoms. The lowest BCUT2D eigenvalue weighted by Crippen LogP contribution is -2.66. The molecule has 1 aromatic heterocycles. The van der Waals surface area contributed by atoms with Crippen molar-refractivity contribution in [1.29, 1.82) is 0 Å². The van der Waals surface area contributed by atoms with E-state index in [9.17, 15) is 19.5 Å². The van der Waals surface area contributed by atoms with Gasteiger partial charge in [0.2, 0.25) is 0 Å². The van der Waals surface area contributed by atoms with Crippen LogP contribution in [0.3, 0.4) is 0 Å². The minimum Gasteiger partial charge on any atom is -0.459 e. The van der Waals surface area contributed by atoms with Crippen LogP contribution in [0.25, 0.3) is 0 Å². The SMILES string of the molecule is CC(=O)O[C@H]1[C@H]2O[C@]23[C@@H]2CC[C@]4(O)C[C@@H](NC(=O)NCCN5CCN(C)CC5)CC[C@]4(C)[C@H]2CC[C@]3(C)[C@H]1c1ccc(=O)oc1. The van der Waals surface area contributed by atoms with E-state index >= 15 is 0 Å². The zero-order valence-electron chi connectivity index (χ0n) is 27.2. The molecule has 45 heavy (non-hydrogen) atoms. The number of aliphatic hydroxyl groups is 1. The fourth-order valence-corrected chi connectivity index (χ4v) is 10.9.